The van der Waals surface area contributed by atoms with Crippen LogP contribution in [-0.4, -0.2) is 50.7 Å². The molecule has 0 amide bonds. The first-order valence-corrected chi connectivity index (χ1v) is 8.97. The molecule has 0 unspecified atom stereocenters. The van der Waals surface area contributed by atoms with Crippen LogP contribution >= 0.6 is 0 Å². The Morgan fingerprint density at radius 2 is 1.89 bits per heavy atom. The third-order valence-corrected chi connectivity index (χ3v) is 6.37. The van der Waals surface area contributed by atoms with E-state index in [1.165, 1.54) is 12.3 Å². The molecule has 1 aromatic rings. The monoisotopic (exact) mass is 305 g/mol. The molecule has 0 aromatic carbocycles. The van der Waals surface area contributed by atoms with Crippen LogP contribution in [0.3, 0.4) is 0 Å². The van der Waals surface area contributed by atoms with E-state index in [0.717, 1.165) is 9.87 Å². The van der Waals surface area contributed by atoms with Gasteiger partial charge >= 0.3 is 0 Å². The summed E-state index contributed by atoms with van der Waals surface area (Å²) in [5.41, 5.74) is 6.15. The number of hydrogen-bond acceptors (Lipinski definition) is 6. The van der Waals surface area contributed by atoms with Gasteiger partial charge in [-0.2, -0.15) is 4.31 Å². The maximum absolute atomic E-state index is 12.2. The maximum atomic E-state index is 12.2. The van der Waals surface area contributed by atoms with Gasteiger partial charge in [-0.05, 0) is 11.6 Å². The number of hydrogen-bond donors (Lipinski definition) is 1. The van der Waals surface area contributed by atoms with Crippen LogP contribution in [0.1, 0.15) is 5.56 Å². The Kier molecular flexibility index (Phi) is 3.90. The van der Waals surface area contributed by atoms with Gasteiger partial charge in [-0.15, -0.1) is 0 Å². The largest absolute Gasteiger partial charge is 0.326 e. The molecule has 1 fully saturated rings. The van der Waals surface area contributed by atoms with Crippen molar-refractivity contribution in [2.45, 2.75) is 11.6 Å². The highest BCUT2D eigenvalue weighted by Gasteiger charge is 2.31. The van der Waals surface area contributed by atoms with Crippen LogP contribution in [0.5, 0.6) is 0 Å². The lowest BCUT2D eigenvalue weighted by Gasteiger charge is -2.25. The van der Waals surface area contributed by atoms with Gasteiger partial charge in [0.2, 0.25) is 0 Å². The molecule has 7 nitrogen and oxygen atoms in total. The summed E-state index contributed by atoms with van der Waals surface area (Å²) in [6, 6.07) is 2.99. The van der Waals surface area contributed by atoms with E-state index >= 15 is 0 Å². The van der Waals surface area contributed by atoms with Gasteiger partial charge in [-0.25, -0.2) is 21.8 Å². The molecule has 0 spiro atoms. The van der Waals surface area contributed by atoms with Crippen molar-refractivity contribution in [1.82, 2.24) is 9.29 Å². The SMILES string of the molecule is NCc1ccc(S(=O)(=O)N2CCS(=O)(=O)CC2)nc1. The highest BCUT2D eigenvalue weighted by molar-refractivity contribution is 7.92. The molecule has 1 aromatic heterocycles. The molecule has 9 heteroatoms. The van der Waals surface area contributed by atoms with E-state index in [1.54, 1.807) is 6.07 Å². The van der Waals surface area contributed by atoms with Gasteiger partial charge in [0, 0.05) is 25.8 Å². The Morgan fingerprint density at radius 1 is 1.26 bits per heavy atom. The number of nitrogens with zero attached hydrogens (tertiary/aromatic N) is 2. The number of nitrogens with two attached hydrogens (primary N) is 1. The predicted molar refractivity (Wildman–Crippen MR) is 69.5 cm³/mol. The fourth-order valence-electron chi connectivity index (χ4n) is 1.75. The number of sulfonamides is 1. The molecular weight excluding hydrogens is 290 g/mol. The zero-order valence-corrected chi connectivity index (χ0v) is 11.8. The van der Waals surface area contributed by atoms with Gasteiger partial charge in [-0.3, -0.25) is 0 Å². The minimum Gasteiger partial charge on any atom is -0.326 e. The van der Waals surface area contributed by atoms with Crippen LogP contribution in [0.15, 0.2) is 23.4 Å². The third-order valence-electron chi connectivity index (χ3n) is 2.94. The van der Waals surface area contributed by atoms with Gasteiger partial charge in [0.25, 0.3) is 10.0 Å². The average molecular weight is 305 g/mol. The molecule has 106 valence electrons. The van der Waals surface area contributed by atoms with E-state index in [0.29, 0.717) is 0 Å². The summed E-state index contributed by atoms with van der Waals surface area (Å²) in [5.74, 6) is -0.291. The first-order valence-electron chi connectivity index (χ1n) is 5.71. The standard InChI is InChI=1S/C10H15N3O4S2/c11-7-9-1-2-10(12-8-9)19(16,17)13-3-5-18(14,15)6-4-13/h1-2,8H,3-7,11H2. The normalized spacial score (nSPS) is 20.3. The van der Waals surface area contributed by atoms with E-state index in [4.69, 9.17) is 5.73 Å². The molecule has 2 rings (SSSR count). The second kappa shape index (κ2) is 5.16. The minimum absolute atomic E-state index is 0.0228. The fourth-order valence-corrected chi connectivity index (χ4v) is 4.54. The van der Waals surface area contributed by atoms with E-state index in [-0.39, 0.29) is 36.2 Å². The Morgan fingerprint density at radius 3 is 2.37 bits per heavy atom. The summed E-state index contributed by atoms with van der Waals surface area (Å²) < 4.78 is 48.2. The number of sulfone groups is 1. The van der Waals surface area contributed by atoms with E-state index in [1.807, 2.05) is 0 Å². The number of rotatable bonds is 3. The second-order valence-electron chi connectivity index (χ2n) is 4.26. The van der Waals surface area contributed by atoms with Crippen molar-refractivity contribution in [3.8, 4) is 0 Å². The lowest BCUT2D eigenvalue weighted by Crippen LogP contribution is -2.43. The van der Waals surface area contributed by atoms with Gasteiger partial charge in [0.1, 0.15) is 0 Å². The highest BCUT2D eigenvalue weighted by atomic mass is 32.2. The van der Waals surface area contributed by atoms with Gasteiger partial charge in [0.05, 0.1) is 11.5 Å². The Labute approximate surface area is 112 Å². The summed E-state index contributed by atoms with van der Waals surface area (Å²) in [5, 5.41) is -0.0796. The molecule has 0 atom stereocenters. The first kappa shape index (κ1) is 14.4. The van der Waals surface area contributed by atoms with Crippen LogP contribution in [0.2, 0.25) is 0 Å². The fraction of sp³-hybridized carbons (Fsp3) is 0.500. The zero-order valence-electron chi connectivity index (χ0n) is 10.2. The van der Waals surface area contributed by atoms with E-state index in [2.05, 4.69) is 4.98 Å². The van der Waals surface area contributed by atoms with Crippen molar-refractivity contribution in [3.63, 3.8) is 0 Å². The predicted octanol–water partition coefficient (Wildman–Crippen LogP) is -1.04. The molecule has 0 bridgehead atoms. The average Bonchev–Trinajstić information content (AvgIpc) is 2.38. The summed E-state index contributed by atoms with van der Waals surface area (Å²) in [6.45, 7) is 0.241. The molecule has 2 N–H and O–H groups in total. The smallest absolute Gasteiger partial charge is 0.260 e. The Bertz CT molecular complexity index is 639. The molecular formula is C10H15N3O4S2. The number of aromatic nitrogens is 1. The van der Waals surface area contributed by atoms with Crippen molar-refractivity contribution in [2.24, 2.45) is 5.73 Å². The van der Waals surface area contributed by atoms with E-state index < -0.39 is 19.9 Å². The maximum Gasteiger partial charge on any atom is 0.260 e. The summed E-state index contributed by atoms with van der Waals surface area (Å²) >= 11 is 0. The minimum atomic E-state index is -3.72. The zero-order chi connectivity index (χ0) is 14.1. The molecule has 0 saturated carbocycles. The summed E-state index contributed by atoms with van der Waals surface area (Å²) in [4.78, 5) is 3.87. The van der Waals surface area contributed by atoms with Gasteiger partial charge < -0.3 is 5.73 Å². The van der Waals surface area contributed by atoms with Crippen LogP contribution in [-0.2, 0) is 26.4 Å². The molecule has 1 aliphatic rings. The lowest BCUT2D eigenvalue weighted by atomic mass is 10.3. The first-order chi connectivity index (χ1) is 8.85. The van der Waals surface area contributed by atoms with Crippen molar-refractivity contribution in [3.05, 3.63) is 23.9 Å². The van der Waals surface area contributed by atoms with Crippen LogP contribution in [0.4, 0.5) is 0 Å². The molecule has 2 heterocycles. The molecule has 19 heavy (non-hydrogen) atoms. The van der Waals surface area contributed by atoms with Crippen LogP contribution < -0.4 is 5.73 Å². The summed E-state index contributed by atoms with van der Waals surface area (Å²) in [6.07, 6.45) is 1.41. The van der Waals surface area contributed by atoms with Crippen molar-refractivity contribution in [1.29, 1.82) is 0 Å². The van der Waals surface area contributed by atoms with Crippen molar-refractivity contribution >= 4 is 19.9 Å². The highest BCUT2D eigenvalue weighted by Crippen LogP contribution is 2.16. The topological polar surface area (TPSA) is 110 Å². The summed E-state index contributed by atoms with van der Waals surface area (Å²) in [7, 11) is -6.83. The molecule has 0 radical (unpaired) electrons. The molecule has 1 aliphatic heterocycles. The second-order valence-corrected chi connectivity index (χ2v) is 8.45. The Balaban J connectivity index is 2.22. The van der Waals surface area contributed by atoms with E-state index in [9.17, 15) is 16.8 Å². The van der Waals surface area contributed by atoms with Crippen molar-refractivity contribution in [2.75, 3.05) is 24.6 Å². The third kappa shape index (κ3) is 3.11. The lowest BCUT2D eigenvalue weighted by molar-refractivity contribution is 0.428. The van der Waals surface area contributed by atoms with Gasteiger partial charge in [0.15, 0.2) is 14.9 Å². The quantitative estimate of drug-likeness (QED) is 0.763. The van der Waals surface area contributed by atoms with Crippen LogP contribution in [0.25, 0.3) is 0 Å². The Hall–Kier alpha value is -1.03. The number of pyridine rings is 1. The van der Waals surface area contributed by atoms with Gasteiger partial charge in [-0.1, -0.05) is 6.07 Å². The van der Waals surface area contributed by atoms with Crippen LogP contribution in [0, 0.1) is 0 Å². The molecule has 0 aliphatic carbocycles. The van der Waals surface area contributed by atoms with Crippen molar-refractivity contribution < 1.29 is 16.8 Å². The molecule has 1 saturated heterocycles.